The first-order valence-electron chi connectivity index (χ1n) is 13.3. The van der Waals surface area contributed by atoms with Gasteiger partial charge in [0.05, 0.1) is 25.9 Å². The molecule has 0 aromatic carbocycles. The van der Waals surface area contributed by atoms with Crippen molar-refractivity contribution >= 4 is 61.8 Å². The molecular weight excluding hydrogens is 681 g/mol. The summed E-state index contributed by atoms with van der Waals surface area (Å²) >= 11 is 5.12. The van der Waals surface area contributed by atoms with E-state index in [9.17, 15) is 19.0 Å². The molecule has 4 aromatic heterocycles. The maximum absolute atomic E-state index is 16.0. The Balaban J connectivity index is 1.18. The van der Waals surface area contributed by atoms with E-state index in [1.54, 1.807) is 0 Å². The molecule has 244 valence electrons. The first-order valence-corrected chi connectivity index (χ1v) is 17.5. The van der Waals surface area contributed by atoms with Gasteiger partial charge in [-0.15, -0.1) is 0 Å². The lowest BCUT2D eigenvalue weighted by molar-refractivity contribution is -0.0566. The van der Waals surface area contributed by atoms with Crippen LogP contribution in [0.2, 0.25) is 0 Å². The van der Waals surface area contributed by atoms with Crippen LogP contribution >= 0.6 is 14.2 Å². The lowest BCUT2D eigenvalue weighted by atomic mass is 10.1. The number of hydrogen-bond donors (Lipinski definition) is 4. The number of H-pyrrole nitrogens is 2. The minimum absolute atomic E-state index is 0.0170. The van der Waals surface area contributed by atoms with E-state index in [0.717, 1.165) is 21.8 Å². The third-order valence-corrected chi connectivity index (χ3v) is 10.0. The van der Waals surface area contributed by atoms with E-state index in [1.165, 1.54) is 6.92 Å². The molecule has 4 aromatic rings. The summed E-state index contributed by atoms with van der Waals surface area (Å²) in [4.78, 5) is 56.2. The molecule has 3 fully saturated rings. The standard InChI is InChI=1S/C21H22BF2N9O10P2S/c1-6-28-15-11(17(34)29-6)26-4-32(15)19-9(23)13-8(41-19)3-39-45(37,46)43-14-7(2-38-44(22,36)42-13)40-20(10(14)24)33-5-27-12-16(33)30-21(25)31-18(12)35/h4-5,7-10,13-14,19-20H,2-3H2,1H3,(H,37,46)(H,28,29,34)(H3,25,30,31,35)/t7-,8-,9+,10?,13?,14+,19-,20-,44?,45?/m1/s1. The van der Waals surface area contributed by atoms with Gasteiger partial charge in [0.15, 0.2) is 47.1 Å². The van der Waals surface area contributed by atoms with Crippen LogP contribution in [0.5, 0.6) is 0 Å². The van der Waals surface area contributed by atoms with Crippen LogP contribution in [-0.2, 0) is 43.9 Å². The fraction of sp³-hybridized carbons (Fsp3) is 0.524. The van der Waals surface area contributed by atoms with Crippen molar-refractivity contribution in [1.29, 1.82) is 0 Å². The van der Waals surface area contributed by atoms with Gasteiger partial charge in [0.2, 0.25) is 13.5 Å². The van der Waals surface area contributed by atoms with E-state index in [0.29, 0.717) is 0 Å². The number of imidazole rings is 2. The zero-order valence-corrected chi connectivity index (χ0v) is 25.8. The summed E-state index contributed by atoms with van der Waals surface area (Å²) in [5.74, 6) is -0.0604. The summed E-state index contributed by atoms with van der Waals surface area (Å²) in [6, 6.07) is 0. The maximum Gasteiger partial charge on any atom is 0.325 e. The van der Waals surface area contributed by atoms with Crippen molar-refractivity contribution in [2.24, 2.45) is 0 Å². The number of anilines is 1. The van der Waals surface area contributed by atoms with Crippen molar-refractivity contribution in [2.75, 3.05) is 18.9 Å². The summed E-state index contributed by atoms with van der Waals surface area (Å²) in [5.41, 5.74) is 3.95. The molecule has 25 heteroatoms. The number of halogens is 2. The second kappa shape index (κ2) is 11.3. The highest BCUT2D eigenvalue weighted by Crippen LogP contribution is 2.54. The minimum atomic E-state index is -4.65. The van der Waals surface area contributed by atoms with Gasteiger partial charge in [0, 0.05) is 0 Å². The quantitative estimate of drug-likeness (QED) is 0.158. The Morgan fingerprint density at radius 1 is 0.957 bits per heavy atom. The highest BCUT2D eigenvalue weighted by Gasteiger charge is 2.53. The van der Waals surface area contributed by atoms with Crippen molar-refractivity contribution in [3.63, 3.8) is 0 Å². The number of aromatic amines is 2. The number of aromatic nitrogens is 8. The summed E-state index contributed by atoms with van der Waals surface area (Å²) in [6.07, 6.45) is -11.5. The van der Waals surface area contributed by atoms with Crippen LogP contribution in [0, 0.1) is 6.92 Å². The highest BCUT2D eigenvalue weighted by atomic mass is 32.5. The normalized spacial score (nSPS) is 37.1. The molecule has 7 rings (SSSR count). The van der Waals surface area contributed by atoms with Gasteiger partial charge in [-0.3, -0.25) is 32.8 Å². The van der Waals surface area contributed by atoms with Gasteiger partial charge in [0.1, 0.15) is 30.2 Å². The van der Waals surface area contributed by atoms with Crippen LogP contribution in [0.1, 0.15) is 18.3 Å². The molecule has 19 nitrogen and oxygen atoms in total. The molecular formula is C21H22BF2N9O10P2S. The molecule has 0 aliphatic carbocycles. The average Bonchev–Trinajstić information content (AvgIpc) is 3.72. The Bertz CT molecular complexity index is 1920. The van der Waals surface area contributed by atoms with E-state index < -0.39 is 87.7 Å². The number of nitrogen functional groups attached to an aromatic ring is 1. The van der Waals surface area contributed by atoms with Crippen LogP contribution in [0.3, 0.4) is 0 Å². The Morgan fingerprint density at radius 3 is 2.09 bits per heavy atom. The topological polar surface area (TPSA) is 246 Å². The summed E-state index contributed by atoms with van der Waals surface area (Å²) in [5, 5.41) is 0. The lowest BCUT2D eigenvalue weighted by Crippen LogP contribution is -2.37. The van der Waals surface area contributed by atoms with E-state index in [-0.39, 0.29) is 34.1 Å². The number of aryl methyl sites for hydroxylation is 1. The predicted octanol–water partition coefficient (Wildman–Crippen LogP) is -0.0750. The van der Waals surface area contributed by atoms with Crippen molar-refractivity contribution in [3.8, 4) is 0 Å². The number of rotatable bonds is 2. The Kier molecular flexibility index (Phi) is 7.78. The van der Waals surface area contributed by atoms with Crippen LogP contribution < -0.4 is 16.9 Å². The maximum atomic E-state index is 16.0. The summed E-state index contributed by atoms with van der Waals surface area (Å²) < 4.78 is 80.7. The van der Waals surface area contributed by atoms with Crippen LogP contribution in [-0.4, -0.2) is 101 Å². The fourth-order valence-corrected chi connectivity index (χ4v) is 7.88. The van der Waals surface area contributed by atoms with Gasteiger partial charge in [-0.25, -0.2) is 23.7 Å². The first kappa shape index (κ1) is 31.6. The molecule has 5 N–H and O–H groups in total. The molecule has 0 spiro atoms. The average molecular weight is 703 g/mol. The number of ether oxygens (including phenoxy) is 2. The zero-order valence-electron chi connectivity index (χ0n) is 23.2. The third kappa shape index (κ3) is 5.53. The number of nitrogens with one attached hydrogen (secondary N) is 2. The predicted molar refractivity (Wildman–Crippen MR) is 155 cm³/mol. The molecule has 0 saturated carbocycles. The van der Waals surface area contributed by atoms with Crippen LogP contribution in [0.25, 0.3) is 22.3 Å². The summed E-state index contributed by atoms with van der Waals surface area (Å²) in [7, 11) is 1.17. The Morgan fingerprint density at radius 2 is 1.48 bits per heavy atom. The smallest absolute Gasteiger partial charge is 0.325 e. The van der Waals surface area contributed by atoms with Gasteiger partial charge in [-0.05, 0) is 18.7 Å². The van der Waals surface area contributed by atoms with E-state index >= 15 is 8.78 Å². The molecule has 0 bridgehead atoms. The molecule has 3 saturated heterocycles. The van der Waals surface area contributed by atoms with Gasteiger partial charge in [0.25, 0.3) is 18.6 Å². The molecule has 0 amide bonds. The summed E-state index contributed by atoms with van der Waals surface area (Å²) in [6.45, 7) is -4.29. The monoisotopic (exact) mass is 703 g/mol. The van der Waals surface area contributed by atoms with Crippen molar-refractivity contribution in [2.45, 2.75) is 56.1 Å². The Labute approximate surface area is 260 Å². The molecule has 46 heavy (non-hydrogen) atoms. The van der Waals surface area contributed by atoms with Crippen LogP contribution in [0.15, 0.2) is 22.2 Å². The van der Waals surface area contributed by atoms with Gasteiger partial charge >= 0.3 is 6.72 Å². The molecule has 10 atom stereocenters. The van der Waals surface area contributed by atoms with Gasteiger partial charge in [-0.1, -0.05) is 0 Å². The van der Waals surface area contributed by atoms with Crippen molar-refractivity contribution < 1.29 is 45.8 Å². The van der Waals surface area contributed by atoms with E-state index in [2.05, 4.69) is 29.9 Å². The minimum Gasteiger partial charge on any atom is -0.369 e. The van der Waals surface area contributed by atoms with Crippen LogP contribution in [0.4, 0.5) is 14.7 Å². The largest absolute Gasteiger partial charge is 0.369 e. The lowest BCUT2D eigenvalue weighted by Gasteiger charge is -2.29. The van der Waals surface area contributed by atoms with Crippen molar-refractivity contribution in [3.05, 3.63) is 39.2 Å². The first-order chi connectivity index (χ1) is 21.7. The number of nitrogens with two attached hydrogens (primary N) is 1. The molecule has 3 aliphatic rings. The molecule has 2 radical (unpaired) electrons. The Hall–Kier alpha value is -2.98. The number of fused-ring (bicyclic) bond motifs is 4. The second-order valence-electron chi connectivity index (χ2n) is 10.5. The van der Waals surface area contributed by atoms with Gasteiger partial charge < -0.3 is 38.7 Å². The number of nitrogens with zero attached hydrogens (tertiary/aromatic N) is 6. The fourth-order valence-electron chi connectivity index (χ4n) is 5.44. The zero-order chi connectivity index (χ0) is 32.7. The molecule has 4 unspecified atom stereocenters. The number of hydrogen-bond acceptors (Lipinski definition) is 15. The SMILES string of the molecule is [B]P1(=O)OC[C@H]2O[C@@H](n3cnc4c(=O)[nH]c(N)nc43)C(F)[C@H]2OP(O)(=S)OC[C@H]2O[C@@H](n3cnc4c(=O)[nH]c(C)nc43)[C@@H](F)C2O1. The molecule has 3 aliphatic heterocycles. The van der Waals surface area contributed by atoms with Crippen molar-refractivity contribution in [1.82, 2.24) is 39.0 Å². The van der Waals surface area contributed by atoms with E-state index in [1.807, 2.05) is 0 Å². The van der Waals surface area contributed by atoms with E-state index in [4.69, 9.17) is 52.7 Å². The third-order valence-electron chi connectivity index (χ3n) is 7.43. The second-order valence-corrected chi connectivity index (χ2v) is 14.8. The van der Waals surface area contributed by atoms with Gasteiger partial charge in [-0.2, -0.15) is 4.98 Å². The highest BCUT2D eigenvalue weighted by molar-refractivity contribution is 8.07. The number of alkyl halides is 2. The molecule has 7 heterocycles.